The Hall–Kier alpha value is -3.00. The standard InChI is InChI=1S/C35H50N2O9S/c1-5-6-7-8-9-10-11-16-36-25-15-13-22-23(18-28(25)47)24(37-20(2)39)14-12-21-17-26(33(43-3)34(44-4)29(21)22)45-35-32(42)31(41)30(40)27(19-38)46-35/h13,15,17-18,24,27,30-32,35,38,40-42H,5-12,14,16,19H2,1-4H3,(H,36,47)(H,37,39)/t24?,27-,30-,31+,32-,35-/m1/s1. The monoisotopic (exact) mass is 674 g/mol. The number of benzene rings is 1. The molecule has 6 atom stereocenters. The summed E-state index contributed by atoms with van der Waals surface area (Å²) in [5.74, 6) is 0.588. The summed E-state index contributed by atoms with van der Waals surface area (Å²) >= 11 is 5.89. The average molecular weight is 675 g/mol. The Bertz CT molecular complexity index is 1420. The highest BCUT2D eigenvalue weighted by molar-refractivity contribution is 7.71. The molecule has 6 N–H and O–H groups in total. The normalized spacial score (nSPS) is 23.6. The minimum atomic E-state index is -1.61. The van der Waals surface area contributed by atoms with Crippen molar-refractivity contribution in [3.63, 3.8) is 0 Å². The minimum Gasteiger partial charge on any atom is -0.492 e. The summed E-state index contributed by atoms with van der Waals surface area (Å²) in [5.41, 5.74) is 4.05. The van der Waals surface area contributed by atoms with Gasteiger partial charge < -0.3 is 50.0 Å². The lowest BCUT2D eigenvalue weighted by atomic mass is 9.95. The van der Waals surface area contributed by atoms with E-state index in [-0.39, 0.29) is 23.4 Å². The van der Waals surface area contributed by atoms with Gasteiger partial charge in [-0.25, -0.2) is 0 Å². The van der Waals surface area contributed by atoms with Gasteiger partial charge in [-0.05, 0) is 54.2 Å². The fourth-order valence-corrected chi connectivity index (χ4v) is 6.65. The van der Waals surface area contributed by atoms with Crippen LogP contribution in [-0.4, -0.2) is 84.4 Å². The summed E-state index contributed by atoms with van der Waals surface area (Å²) in [4.78, 5) is 12.3. The summed E-state index contributed by atoms with van der Waals surface area (Å²) in [7, 11) is 2.97. The van der Waals surface area contributed by atoms with E-state index in [1.165, 1.54) is 53.2 Å². The molecular formula is C35H50N2O9S. The van der Waals surface area contributed by atoms with Crippen LogP contribution in [0.5, 0.6) is 17.2 Å². The molecule has 4 rings (SSSR count). The van der Waals surface area contributed by atoms with Crippen LogP contribution < -0.4 is 24.8 Å². The summed E-state index contributed by atoms with van der Waals surface area (Å²) in [5, 5.41) is 47.5. The zero-order chi connectivity index (χ0) is 34.1. The van der Waals surface area contributed by atoms with Gasteiger partial charge in [0, 0.05) is 19.0 Å². The van der Waals surface area contributed by atoms with Crippen molar-refractivity contribution in [1.82, 2.24) is 5.32 Å². The Balaban J connectivity index is 1.72. The molecule has 0 radical (unpaired) electrons. The summed E-state index contributed by atoms with van der Waals surface area (Å²) in [6.45, 7) is 3.92. The molecule has 1 amide bonds. The molecule has 2 aliphatic rings. The fraction of sp³-hybridized carbons (Fsp3) is 0.600. The Morgan fingerprint density at radius 1 is 0.979 bits per heavy atom. The first-order valence-electron chi connectivity index (χ1n) is 16.6. The first-order chi connectivity index (χ1) is 22.6. The minimum absolute atomic E-state index is 0.169. The van der Waals surface area contributed by atoms with Crippen molar-refractivity contribution < 1.29 is 44.2 Å². The molecule has 0 bridgehead atoms. The van der Waals surface area contributed by atoms with E-state index < -0.39 is 37.3 Å². The van der Waals surface area contributed by atoms with Crippen LogP contribution in [0.15, 0.2) is 24.3 Å². The van der Waals surface area contributed by atoms with Crippen molar-refractivity contribution in [2.45, 2.75) is 108 Å². The van der Waals surface area contributed by atoms with E-state index in [1.807, 2.05) is 18.2 Å². The van der Waals surface area contributed by atoms with Gasteiger partial charge in [-0.1, -0.05) is 63.7 Å². The third-order valence-corrected chi connectivity index (χ3v) is 9.22. The predicted molar refractivity (Wildman–Crippen MR) is 182 cm³/mol. The molecule has 1 saturated heterocycles. The maximum atomic E-state index is 12.3. The van der Waals surface area contributed by atoms with Gasteiger partial charge in [0.05, 0.1) is 37.1 Å². The first kappa shape index (κ1) is 36.8. The van der Waals surface area contributed by atoms with Crippen LogP contribution in [0.3, 0.4) is 0 Å². The van der Waals surface area contributed by atoms with Gasteiger partial charge in [0.1, 0.15) is 24.4 Å². The highest BCUT2D eigenvalue weighted by Gasteiger charge is 2.45. The third kappa shape index (κ3) is 8.73. The molecule has 11 nitrogen and oxygen atoms in total. The topological polar surface area (TPSA) is 159 Å². The Morgan fingerprint density at radius 2 is 1.68 bits per heavy atom. The second-order valence-electron chi connectivity index (χ2n) is 12.3. The molecule has 0 spiro atoms. The third-order valence-electron chi connectivity index (χ3n) is 8.88. The smallest absolute Gasteiger partial charge is 0.229 e. The number of unbranched alkanes of at least 4 members (excludes halogenated alkanes) is 6. The molecule has 1 fully saturated rings. The number of fused-ring (bicyclic) bond motifs is 3. The second-order valence-corrected chi connectivity index (χ2v) is 12.7. The van der Waals surface area contributed by atoms with Crippen LogP contribution in [-0.2, 0) is 16.0 Å². The van der Waals surface area contributed by atoms with Crippen molar-refractivity contribution in [2.24, 2.45) is 0 Å². The number of nitrogens with one attached hydrogen (secondary N) is 2. The maximum absolute atomic E-state index is 12.3. The van der Waals surface area contributed by atoms with E-state index in [2.05, 4.69) is 17.6 Å². The number of carbonyl (C=O) groups excluding carboxylic acids is 1. The van der Waals surface area contributed by atoms with Crippen molar-refractivity contribution in [1.29, 1.82) is 0 Å². The number of hydrogen-bond donors (Lipinski definition) is 6. The van der Waals surface area contributed by atoms with Crippen molar-refractivity contribution in [3.05, 3.63) is 39.9 Å². The molecule has 0 aromatic heterocycles. The second kappa shape index (κ2) is 17.4. The number of hydrogen-bond acceptors (Lipinski definition) is 11. The number of aryl methyl sites for hydroxylation is 1. The molecule has 1 unspecified atom stereocenters. The first-order valence-corrected chi connectivity index (χ1v) is 17.0. The molecule has 47 heavy (non-hydrogen) atoms. The molecule has 2 aromatic rings. The van der Waals surface area contributed by atoms with Crippen LogP contribution in [0, 0.1) is 4.51 Å². The van der Waals surface area contributed by atoms with E-state index in [1.54, 1.807) is 6.07 Å². The summed E-state index contributed by atoms with van der Waals surface area (Å²) in [6.07, 6.45) is 2.25. The number of carbonyl (C=O) groups is 1. The Kier molecular flexibility index (Phi) is 13.6. The molecule has 1 aliphatic carbocycles. The summed E-state index contributed by atoms with van der Waals surface area (Å²) < 4.78 is 24.0. The zero-order valence-electron chi connectivity index (χ0n) is 27.8. The van der Waals surface area contributed by atoms with Crippen molar-refractivity contribution in [2.75, 3.05) is 32.7 Å². The lowest BCUT2D eigenvalue weighted by Gasteiger charge is -2.39. The van der Waals surface area contributed by atoms with Crippen LogP contribution >= 0.6 is 12.2 Å². The zero-order valence-corrected chi connectivity index (χ0v) is 28.6. The molecule has 0 saturated carbocycles. The Labute approximate surface area is 282 Å². The maximum Gasteiger partial charge on any atom is 0.229 e. The molecule has 1 aliphatic heterocycles. The van der Waals surface area contributed by atoms with Crippen molar-refractivity contribution in [3.8, 4) is 28.4 Å². The number of amides is 1. The van der Waals surface area contributed by atoms with E-state index in [9.17, 15) is 25.2 Å². The highest BCUT2D eigenvalue weighted by atomic mass is 32.1. The SMILES string of the molecule is CCCCCCCCCNc1ccc2c(cc1=S)C(NC(C)=O)CCc1cc(O[C@@H]3O[C@H](CO)[C@@H](O)[C@H](O)[C@H]3O)c(OC)c(OC)c1-2. The molecule has 2 aromatic carbocycles. The van der Waals surface area contributed by atoms with E-state index in [0.717, 1.165) is 47.3 Å². The van der Waals surface area contributed by atoms with E-state index >= 15 is 0 Å². The number of anilines is 1. The molecular weight excluding hydrogens is 624 g/mol. The van der Waals surface area contributed by atoms with Gasteiger partial charge in [-0.15, -0.1) is 0 Å². The number of aliphatic hydroxyl groups is 4. The number of aliphatic hydroxyl groups excluding tert-OH is 4. The van der Waals surface area contributed by atoms with Crippen molar-refractivity contribution >= 4 is 23.8 Å². The van der Waals surface area contributed by atoms with Gasteiger partial charge in [0.15, 0.2) is 11.5 Å². The van der Waals surface area contributed by atoms with Gasteiger partial charge in [0.25, 0.3) is 0 Å². The van der Waals surface area contributed by atoms with Crippen LogP contribution in [0.2, 0.25) is 0 Å². The van der Waals surface area contributed by atoms with Crippen LogP contribution in [0.25, 0.3) is 11.1 Å². The van der Waals surface area contributed by atoms with E-state index in [0.29, 0.717) is 23.1 Å². The average Bonchev–Trinajstić information content (AvgIpc) is 3.30. The molecule has 260 valence electrons. The summed E-state index contributed by atoms with van der Waals surface area (Å²) in [6, 6.07) is 7.31. The van der Waals surface area contributed by atoms with E-state index in [4.69, 9.17) is 31.2 Å². The molecule has 12 heteroatoms. The lowest BCUT2D eigenvalue weighted by Crippen LogP contribution is -2.60. The molecule has 1 heterocycles. The number of rotatable bonds is 15. The largest absolute Gasteiger partial charge is 0.492 e. The number of methoxy groups -OCH3 is 2. The predicted octanol–water partition coefficient (Wildman–Crippen LogP) is 4.56. The van der Waals surface area contributed by atoms with Crippen LogP contribution in [0.1, 0.15) is 82.4 Å². The number of ether oxygens (including phenoxy) is 4. The fourth-order valence-electron chi connectivity index (χ4n) is 6.38. The van der Waals surface area contributed by atoms with Gasteiger partial charge in [-0.3, -0.25) is 4.79 Å². The Morgan fingerprint density at radius 3 is 2.34 bits per heavy atom. The quantitative estimate of drug-likeness (QED) is 0.116. The van der Waals surface area contributed by atoms with Crippen LogP contribution in [0.4, 0.5) is 5.69 Å². The van der Waals surface area contributed by atoms with Gasteiger partial charge in [-0.2, -0.15) is 0 Å². The van der Waals surface area contributed by atoms with Gasteiger partial charge >= 0.3 is 0 Å². The highest BCUT2D eigenvalue weighted by Crippen LogP contribution is 2.51. The lowest BCUT2D eigenvalue weighted by molar-refractivity contribution is -0.277. The van der Waals surface area contributed by atoms with Gasteiger partial charge in [0.2, 0.25) is 17.9 Å².